The molecule has 0 spiro atoms. The van der Waals surface area contributed by atoms with Gasteiger partial charge in [-0.05, 0) is 42.5 Å². The maximum Gasteiger partial charge on any atom is 0.263 e. The lowest BCUT2D eigenvalue weighted by atomic mass is 9.98. The molecule has 0 radical (unpaired) electrons. The van der Waals surface area contributed by atoms with E-state index in [1.807, 2.05) is 0 Å². The van der Waals surface area contributed by atoms with Gasteiger partial charge in [-0.25, -0.2) is 8.42 Å². The molecule has 0 fully saturated rings. The number of rotatable bonds is 5. The molecule has 1 aromatic carbocycles. The van der Waals surface area contributed by atoms with Gasteiger partial charge in [-0.3, -0.25) is 9.52 Å². The first kappa shape index (κ1) is 19.4. The van der Waals surface area contributed by atoms with Gasteiger partial charge < -0.3 is 14.5 Å². The van der Waals surface area contributed by atoms with E-state index >= 15 is 0 Å². The number of fused-ring (bicyclic) bond motifs is 1. The summed E-state index contributed by atoms with van der Waals surface area (Å²) < 4.78 is 32.4. The Morgan fingerprint density at radius 1 is 1.30 bits per heavy atom. The Balaban J connectivity index is 1.82. The summed E-state index contributed by atoms with van der Waals surface area (Å²) in [5.41, 5.74) is 1.75. The Morgan fingerprint density at radius 2 is 2.04 bits per heavy atom. The number of carbonyl (C=O) groups excluding carboxylic acids is 1. The van der Waals surface area contributed by atoms with Crippen LogP contribution in [0.25, 0.3) is 0 Å². The molecule has 8 nitrogen and oxygen atoms in total. The van der Waals surface area contributed by atoms with E-state index in [4.69, 9.17) is 4.52 Å². The van der Waals surface area contributed by atoms with Crippen molar-refractivity contribution in [3.8, 4) is 0 Å². The minimum Gasteiger partial charge on any atom is -0.383 e. The summed E-state index contributed by atoms with van der Waals surface area (Å²) in [7, 11) is -3.83. The molecule has 27 heavy (non-hydrogen) atoms. The molecular weight excluding hydrogens is 370 g/mol. The van der Waals surface area contributed by atoms with Gasteiger partial charge in [0, 0.05) is 19.2 Å². The molecule has 1 amide bonds. The predicted octanol–water partition coefficient (Wildman–Crippen LogP) is 1.69. The van der Waals surface area contributed by atoms with Gasteiger partial charge in [0.25, 0.3) is 15.9 Å². The fourth-order valence-electron chi connectivity index (χ4n) is 2.97. The Kier molecular flexibility index (Phi) is 5.25. The Hall–Kier alpha value is -2.39. The lowest BCUT2D eigenvalue weighted by Crippen LogP contribution is -2.44. The molecule has 0 unspecified atom stereocenters. The normalized spacial score (nSPS) is 15.5. The third kappa shape index (κ3) is 4.14. The Bertz CT molecular complexity index is 952. The molecule has 1 aromatic heterocycles. The first-order valence-electron chi connectivity index (χ1n) is 8.72. The van der Waals surface area contributed by atoms with Gasteiger partial charge in [-0.15, -0.1) is 0 Å². The van der Waals surface area contributed by atoms with Gasteiger partial charge >= 0.3 is 0 Å². The molecule has 1 atom stereocenters. The molecule has 2 heterocycles. The lowest BCUT2D eigenvalue weighted by molar-refractivity contribution is -0.143. The third-order valence-corrected chi connectivity index (χ3v) is 5.92. The molecule has 0 bridgehead atoms. The minimum absolute atomic E-state index is 0.0839. The van der Waals surface area contributed by atoms with Crippen molar-refractivity contribution in [2.24, 2.45) is 5.92 Å². The van der Waals surface area contributed by atoms with Gasteiger partial charge in [0.1, 0.15) is 11.9 Å². The summed E-state index contributed by atoms with van der Waals surface area (Å²) >= 11 is 0. The highest BCUT2D eigenvalue weighted by Crippen LogP contribution is 2.25. The van der Waals surface area contributed by atoms with Crippen LogP contribution in [0, 0.1) is 12.8 Å². The second-order valence-corrected chi connectivity index (χ2v) is 8.74. The highest BCUT2D eigenvalue weighted by molar-refractivity contribution is 7.92. The topological polar surface area (TPSA) is 113 Å². The minimum atomic E-state index is -3.83. The van der Waals surface area contributed by atoms with Crippen molar-refractivity contribution in [3.63, 3.8) is 0 Å². The standard InChI is InChI=1S/C18H23N3O5S/c1-11(2)17(22)18(23)21-7-6-13-4-5-15(9-14(13)10-21)27(24,25)20-16-8-12(3)26-19-16/h4-5,8-9,11,17,22H,6-7,10H2,1-3H3,(H,19,20)/t17-/m1/s1. The number of benzene rings is 1. The van der Waals surface area contributed by atoms with Gasteiger partial charge in [-0.1, -0.05) is 25.1 Å². The number of aliphatic hydroxyl groups excluding tert-OH is 1. The van der Waals surface area contributed by atoms with E-state index in [-0.39, 0.29) is 29.1 Å². The molecular formula is C18H23N3O5S. The van der Waals surface area contributed by atoms with E-state index in [0.29, 0.717) is 18.7 Å². The average Bonchev–Trinajstić information content (AvgIpc) is 3.03. The van der Waals surface area contributed by atoms with Gasteiger partial charge in [0.15, 0.2) is 5.82 Å². The molecule has 146 valence electrons. The van der Waals surface area contributed by atoms with Crippen molar-refractivity contribution < 1.29 is 22.8 Å². The number of carbonyl (C=O) groups is 1. The summed E-state index contributed by atoms with van der Waals surface area (Å²) in [4.78, 5) is 14.1. The number of hydrogen-bond acceptors (Lipinski definition) is 6. The van der Waals surface area contributed by atoms with Crippen LogP contribution >= 0.6 is 0 Å². The zero-order valence-corrected chi connectivity index (χ0v) is 16.3. The smallest absolute Gasteiger partial charge is 0.263 e. The average molecular weight is 393 g/mol. The van der Waals surface area contributed by atoms with Crippen LogP contribution in [-0.2, 0) is 27.8 Å². The van der Waals surface area contributed by atoms with Crippen LogP contribution in [0.15, 0.2) is 33.7 Å². The third-order valence-electron chi connectivity index (χ3n) is 4.56. The zero-order chi connectivity index (χ0) is 19.8. The first-order valence-corrected chi connectivity index (χ1v) is 10.2. The second kappa shape index (κ2) is 7.32. The molecule has 2 aromatic rings. The number of sulfonamides is 1. The van der Waals surface area contributed by atoms with Gasteiger partial charge in [0.2, 0.25) is 0 Å². The van der Waals surface area contributed by atoms with Crippen molar-refractivity contribution in [2.75, 3.05) is 11.3 Å². The van der Waals surface area contributed by atoms with Crippen molar-refractivity contribution in [3.05, 3.63) is 41.2 Å². The van der Waals surface area contributed by atoms with Crippen molar-refractivity contribution >= 4 is 21.7 Å². The van der Waals surface area contributed by atoms with Crippen LogP contribution < -0.4 is 4.72 Å². The molecule has 3 rings (SSSR count). The highest BCUT2D eigenvalue weighted by Gasteiger charge is 2.28. The monoisotopic (exact) mass is 393 g/mol. The zero-order valence-electron chi connectivity index (χ0n) is 15.5. The maximum absolute atomic E-state index is 12.6. The highest BCUT2D eigenvalue weighted by atomic mass is 32.2. The number of aryl methyl sites for hydroxylation is 1. The second-order valence-electron chi connectivity index (χ2n) is 7.06. The van der Waals surface area contributed by atoms with Gasteiger partial charge in [-0.2, -0.15) is 0 Å². The number of aromatic nitrogens is 1. The first-order chi connectivity index (χ1) is 12.7. The van der Waals surface area contributed by atoms with Crippen molar-refractivity contribution in [1.29, 1.82) is 0 Å². The van der Waals surface area contributed by atoms with Crippen LogP contribution in [0.5, 0.6) is 0 Å². The van der Waals surface area contributed by atoms with Crippen LogP contribution in [0.3, 0.4) is 0 Å². The Labute approximate surface area is 158 Å². The van der Waals surface area contributed by atoms with E-state index in [1.54, 1.807) is 37.8 Å². The van der Waals surface area contributed by atoms with E-state index in [0.717, 1.165) is 11.1 Å². The van der Waals surface area contributed by atoms with Crippen LogP contribution in [0.4, 0.5) is 5.82 Å². The number of aliphatic hydroxyl groups is 1. The van der Waals surface area contributed by atoms with E-state index in [2.05, 4.69) is 9.88 Å². The van der Waals surface area contributed by atoms with Gasteiger partial charge in [0.05, 0.1) is 4.90 Å². The summed E-state index contributed by atoms with van der Waals surface area (Å²) in [5.74, 6) is 0.0962. The number of amides is 1. The quantitative estimate of drug-likeness (QED) is 0.799. The van der Waals surface area contributed by atoms with Crippen molar-refractivity contribution in [2.45, 2.75) is 44.7 Å². The van der Waals surface area contributed by atoms with Crippen LogP contribution in [0.1, 0.15) is 30.7 Å². The molecule has 2 N–H and O–H groups in total. The predicted molar refractivity (Wildman–Crippen MR) is 98.5 cm³/mol. The molecule has 9 heteroatoms. The van der Waals surface area contributed by atoms with Crippen LogP contribution in [0.2, 0.25) is 0 Å². The summed E-state index contributed by atoms with van der Waals surface area (Å²) in [6, 6.07) is 6.35. The largest absolute Gasteiger partial charge is 0.383 e. The van der Waals surface area contributed by atoms with E-state index in [1.165, 1.54) is 12.1 Å². The summed E-state index contributed by atoms with van der Waals surface area (Å²) in [6.45, 7) is 5.99. The lowest BCUT2D eigenvalue weighted by Gasteiger charge is -2.31. The summed E-state index contributed by atoms with van der Waals surface area (Å²) in [5, 5.41) is 13.7. The number of nitrogens with one attached hydrogen (secondary N) is 1. The number of nitrogens with zero attached hydrogens (tertiary/aromatic N) is 2. The maximum atomic E-state index is 12.6. The molecule has 0 saturated heterocycles. The molecule has 0 saturated carbocycles. The van der Waals surface area contributed by atoms with E-state index < -0.39 is 16.1 Å². The fourth-order valence-corrected chi connectivity index (χ4v) is 4.01. The Morgan fingerprint density at radius 3 is 2.67 bits per heavy atom. The van der Waals surface area contributed by atoms with Crippen molar-refractivity contribution in [1.82, 2.24) is 10.1 Å². The number of anilines is 1. The molecule has 1 aliphatic rings. The SMILES string of the molecule is Cc1cc(NS(=O)(=O)c2ccc3c(c2)CN(C(=O)[C@H](O)C(C)C)CC3)no1. The fraction of sp³-hybridized carbons (Fsp3) is 0.444. The van der Waals surface area contributed by atoms with E-state index in [9.17, 15) is 18.3 Å². The summed E-state index contributed by atoms with van der Waals surface area (Å²) in [6.07, 6.45) is -0.446. The number of hydrogen-bond donors (Lipinski definition) is 2. The molecule has 0 aliphatic carbocycles. The molecule has 1 aliphatic heterocycles. The van der Waals surface area contributed by atoms with Crippen LogP contribution in [-0.4, -0.2) is 42.1 Å².